The Labute approximate surface area is 786 Å². The maximum atomic E-state index is 13.3. The van der Waals surface area contributed by atoms with E-state index in [0.29, 0.717) is 61.5 Å². The first-order chi connectivity index (χ1) is 63.7. The molecule has 133 heavy (non-hydrogen) atoms. The number of carbonyl (C=O) groups is 10. The van der Waals surface area contributed by atoms with E-state index >= 15 is 0 Å². The third-order valence-corrected chi connectivity index (χ3v) is 36.6. The number of fused-ring (bicyclic) bond motifs is 5. The molecule has 3 saturated heterocycles. The van der Waals surface area contributed by atoms with Gasteiger partial charge in [-0.3, -0.25) is 66.8 Å². The Morgan fingerprint density at radius 1 is 0.293 bits per heavy atom. The minimum Gasteiger partial charge on any atom is -0.395 e. The lowest BCUT2D eigenvalue weighted by Crippen LogP contribution is -2.49. The van der Waals surface area contributed by atoms with E-state index in [-0.39, 0.29) is 140 Å². The summed E-state index contributed by atoms with van der Waals surface area (Å²) < 4.78 is 137. The highest BCUT2D eigenvalue weighted by atomic mass is 32.3. The Balaban J connectivity index is 0.000000127. The summed E-state index contributed by atoms with van der Waals surface area (Å²) in [7, 11) is -17.6. The molecule has 0 spiro atoms. The van der Waals surface area contributed by atoms with Crippen molar-refractivity contribution in [2.24, 2.45) is 5.73 Å². The molecule has 3 fully saturated rings. The van der Waals surface area contributed by atoms with Crippen LogP contribution in [0.15, 0.2) is 311 Å². The number of hydrogen-bond donors (Lipinski definition) is 5. The molecule has 19 rings (SSSR count). The van der Waals surface area contributed by atoms with Crippen LogP contribution in [0, 0.1) is 0 Å². The van der Waals surface area contributed by atoms with Crippen LogP contribution >= 0.6 is 56.7 Å². The van der Waals surface area contributed by atoms with E-state index in [1.165, 1.54) is 48.5 Å². The number of likely N-dealkylation sites (tertiary alicyclic amines) is 1. The van der Waals surface area contributed by atoms with E-state index in [9.17, 15) is 90.0 Å². The molecular weight excluding hydrogens is 1900 g/mol. The Bertz CT molecular complexity index is 7270. The van der Waals surface area contributed by atoms with Crippen molar-refractivity contribution >= 4 is 170 Å². The van der Waals surface area contributed by atoms with Crippen molar-refractivity contribution in [3.05, 3.63) is 352 Å². The van der Waals surface area contributed by atoms with Gasteiger partial charge in [-0.1, -0.05) is 189 Å². The number of carbonyl (C=O) groups excluding carboxylic acids is 10. The number of hydrogen-bond acceptors (Lipinski definition) is 31. The smallest absolute Gasteiger partial charge is 0.271 e. The summed E-state index contributed by atoms with van der Waals surface area (Å²) in [5, 5.41) is 8.21. The monoisotopic (exact) mass is 1980 g/mol. The van der Waals surface area contributed by atoms with Crippen LogP contribution < -0.4 is 24.6 Å². The fourth-order valence-electron chi connectivity index (χ4n) is 15.8. The van der Waals surface area contributed by atoms with Crippen LogP contribution in [0.2, 0.25) is 0 Å². The van der Waals surface area contributed by atoms with Gasteiger partial charge in [0.15, 0.2) is 21.4 Å². The Kier molecular flexibility index (Phi) is 28.5. The van der Waals surface area contributed by atoms with E-state index < -0.39 is 90.4 Å². The third kappa shape index (κ3) is 20.0. The molecule has 11 aromatic rings. The van der Waals surface area contributed by atoms with Gasteiger partial charge in [0.2, 0.25) is 46.3 Å². The van der Waals surface area contributed by atoms with E-state index in [0.717, 1.165) is 109 Å². The number of benzene rings is 6. The van der Waals surface area contributed by atoms with Gasteiger partial charge >= 0.3 is 0 Å². The summed E-state index contributed by atoms with van der Waals surface area (Å²) in [6.07, 6.45) is 2.86. The molecule has 3 aliphatic heterocycles. The molecule has 8 heterocycles. The van der Waals surface area contributed by atoms with E-state index in [1.54, 1.807) is 191 Å². The minimum absolute atomic E-state index is 0.0550. The van der Waals surface area contributed by atoms with Gasteiger partial charge in [0.1, 0.15) is 60.9 Å². The van der Waals surface area contributed by atoms with Gasteiger partial charge in [0.05, 0.1) is 17.0 Å². The lowest BCUT2D eigenvalue weighted by atomic mass is 9.84. The second kappa shape index (κ2) is 40.0. The summed E-state index contributed by atoms with van der Waals surface area (Å²) in [4.78, 5) is 140. The Morgan fingerprint density at radius 3 is 0.902 bits per heavy atom. The number of piperidine rings is 1. The van der Waals surface area contributed by atoms with E-state index in [4.69, 9.17) is 5.73 Å². The summed E-state index contributed by atoms with van der Waals surface area (Å²) in [5.41, 5.74) is 8.04. The van der Waals surface area contributed by atoms with E-state index in [2.05, 4.69) is 35.6 Å². The quantitative estimate of drug-likeness (QED) is 0.0473. The second-order valence-electron chi connectivity index (χ2n) is 30.8. The van der Waals surface area contributed by atoms with Gasteiger partial charge in [0, 0.05) is 127 Å². The van der Waals surface area contributed by atoms with Gasteiger partial charge in [-0.2, -0.15) is 0 Å². The first kappa shape index (κ1) is 94.9. The predicted octanol–water partition coefficient (Wildman–Crippen LogP) is 11.7. The number of sulfone groups is 1. The maximum Gasteiger partial charge on any atom is 0.271 e. The van der Waals surface area contributed by atoms with Gasteiger partial charge in [0.25, 0.3) is 40.1 Å². The number of ketones is 10. The van der Waals surface area contributed by atoms with Crippen molar-refractivity contribution in [2.45, 2.75) is 47.2 Å². The molecule has 0 amide bonds. The lowest BCUT2D eigenvalue weighted by molar-refractivity contribution is 0.0904. The fraction of sp³-hybridized carbons (Fsp3) is 0.183. The number of rotatable bonds is 20. The molecule has 0 radical (unpaired) electrons. The second-order valence-corrected chi connectivity index (χ2v) is 45.4. The highest BCUT2D eigenvalue weighted by molar-refractivity contribution is 7.94. The first-order valence-corrected chi connectivity index (χ1v) is 53.3. The highest BCUT2D eigenvalue weighted by Crippen LogP contribution is 2.38. The van der Waals surface area contributed by atoms with Crippen LogP contribution in [0.5, 0.6) is 0 Å². The number of nitrogens with two attached hydrogens (primary N) is 1. The number of nitrogens with one attached hydrogen (secondary N) is 4. The number of piperazine rings is 2. The van der Waals surface area contributed by atoms with Gasteiger partial charge in [-0.15, -0.1) is 56.7 Å². The molecule has 6 aromatic carbocycles. The number of allylic oxidation sites excluding steroid dienone is 9. The zero-order valence-electron chi connectivity index (χ0n) is 70.8. The molecule has 0 unspecified atom stereocenters. The number of likely N-dealkylation sites (N-methyl/N-ethyl adjacent to an activating group) is 2. The van der Waals surface area contributed by atoms with Gasteiger partial charge in [-0.25, -0.2) is 42.1 Å². The molecule has 0 saturated carbocycles. The van der Waals surface area contributed by atoms with Gasteiger partial charge < -0.3 is 30.2 Å². The first-order valence-electron chi connectivity index (χ1n) is 41.3. The molecule has 40 heteroatoms. The molecule has 6 N–H and O–H groups in total. The maximum absolute atomic E-state index is 13.3. The Hall–Kier alpha value is -12.7. The van der Waals surface area contributed by atoms with Crippen LogP contribution in [0.1, 0.15) is 135 Å². The average Bonchev–Trinajstić information content (AvgIpc) is 1.65. The van der Waals surface area contributed by atoms with Crippen molar-refractivity contribution in [3.8, 4) is 0 Å². The normalized spacial score (nSPS) is 16.8. The number of sulfonamides is 4. The zero-order chi connectivity index (χ0) is 94.4. The molecule has 30 nitrogen and oxygen atoms in total. The number of Topliss-reactive ketones (excluding diaryl/α,β-unsaturated/α-hetero) is 10. The largest absolute Gasteiger partial charge is 0.395 e. The molecule has 5 aliphatic carbocycles. The lowest BCUT2D eigenvalue weighted by Gasteiger charge is -2.38. The molecule has 8 aliphatic rings. The average molecular weight is 1980 g/mol. The molecule has 684 valence electrons. The predicted molar refractivity (Wildman–Crippen MR) is 504 cm³/mol. The van der Waals surface area contributed by atoms with E-state index in [1.807, 2.05) is 21.7 Å². The standard InChI is InChI=1S/C20H21N3O4S2.C20H13NO4S2.C19H19N3O4S2.C19H18N2O4S2.C15H11NO4S2/c1-2-22-9-11-23(12-10-22)18-17(21-29(26,27)16-8-5-13-28-16)19(24)14-6-3-4-7-15(14)20(18)25;22-19-14-9-4-5-10-15(14)20(23)18(17(19)13-7-2-1-3-8-13)21-27(24,25)16-11-6-12-26-16;1-21-8-10-22(11-9-21)17-16(20-28(25,26)15-7-4-12-27-15)18(23)13-5-2-3-6-14(13)19(17)24;22-18-13-7-2-3-8-14(13)19(23)17(21-10-4-1-5-11-21)16(18)20-27(24,25)15-9-6-12-26-15;16-13-11(8-22(19,20)12-6-3-7-21-12)14(17)9-4-1-2-5-10(9)15(13)18/h3-8,13,21H,2,9-12H2,1H3;1-12,21H;2-7,12,20H,8-11H2,1H3;2-3,6-9,12,20H,1,4-5,10-11H2;1-7H,8,16H2. The van der Waals surface area contributed by atoms with Crippen LogP contribution in [-0.2, 0) is 49.9 Å². The highest BCUT2D eigenvalue weighted by Gasteiger charge is 2.44. The zero-order valence-corrected chi connectivity index (χ0v) is 78.9. The Morgan fingerprint density at radius 2 is 0.571 bits per heavy atom. The topological polar surface area (TPSA) is 432 Å². The fourth-order valence-corrected chi connectivity index (χ4v) is 26.5. The van der Waals surface area contributed by atoms with Crippen molar-refractivity contribution < 1.29 is 90.0 Å². The minimum atomic E-state index is -3.98. The SMILES string of the molecule is CCN1CCN(C2=C(NS(=O)(=O)c3cccs3)C(=O)c3ccccc3C2=O)CC1.CN1CCN(C2=C(NS(=O)(=O)c3cccs3)C(=O)c3ccccc3C2=O)CC1.NC1=C(CS(=O)(=O)c2cccs2)C(=O)c2ccccc2C1=O.O=C1C(NS(=O)(=O)c2cccs2)=C(N2CCCCC2)C(=O)c2ccccc21.O=C1C(NS(=O)(=O)c2cccs2)=C(c2ccccc2)C(=O)c2ccccc21. The van der Waals surface area contributed by atoms with Crippen LogP contribution in [0.3, 0.4) is 0 Å². The third-order valence-electron chi connectivity index (χ3n) is 22.5. The number of nitrogens with zero attached hydrogens (tertiary/aromatic N) is 5. The van der Waals surface area contributed by atoms with Crippen molar-refractivity contribution in [3.63, 3.8) is 0 Å². The van der Waals surface area contributed by atoms with Gasteiger partial charge in [-0.05, 0) is 95.7 Å². The number of thiophene rings is 5. The molecule has 0 atom stereocenters. The van der Waals surface area contributed by atoms with Crippen LogP contribution in [0.4, 0.5) is 0 Å². The van der Waals surface area contributed by atoms with Crippen molar-refractivity contribution in [1.29, 1.82) is 0 Å². The van der Waals surface area contributed by atoms with Crippen molar-refractivity contribution in [2.75, 3.05) is 84.8 Å². The van der Waals surface area contributed by atoms with Crippen LogP contribution in [-0.4, -0.2) is 209 Å². The van der Waals surface area contributed by atoms with Crippen LogP contribution in [0.25, 0.3) is 5.57 Å². The molecule has 5 aromatic heterocycles. The molecular formula is C93H82N10O20S10. The summed E-state index contributed by atoms with van der Waals surface area (Å²) >= 11 is 5.26. The van der Waals surface area contributed by atoms with Crippen molar-refractivity contribution in [1.82, 2.24) is 43.4 Å². The summed E-state index contributed by atoms with van der Waals surface area (Å²) in [5.74, 6) is -4.89. The summed E-state index contributed by atoms with van der Waals surface area (Å²) in [6, 6.07) is 56.3. The molecule has 0 bridgehead atoms. The summed E-state index contributed by atoms with van der Waals surface area (Å²) in [6.45, 7) is 9.33.